The van der Waals surface area contributed by atoms with E-state index in [1.54, 1.807) is 0 Å². The van der Waals surface area contributed by atoms with E-state index in [1.165, 1.54) is 6.39 Å². The topological polar surface area (TPSA) is 51.0 Å². The van der Waals surface area contributed by atoms with Crippen LogP contribution in [-0.2, 0) is 19.1 Å². The van der Waals surface area contributed by atoms with E-state index in [2.05, 4.69) is 20.0 Å². The Hall–Kier alpha value is -1.96. The maximum absolute atomic E-state index is 13.1. The minimum atomic E-state index is -4.55. The Morgan fingerprint density at radius 2 is 2.00 bits per heavy atom. The van der Waals surface area contributed by atoms with Crippen LogP contribution in [0.15, 0.2) is 29.1 Å². The fourth-order valence-electron chi connectivity index (χ4n) is 1.65. The molecule has 20 heavy (non-hydrogen) atoms. The zero-order valence-corrected chi connectivity index (χ0v) is 10.2. The molecule has 1 heterocycles. The highest BCUT2D eigenvalue weighted by atomic mass is 19.4. The van der Waals surface area contributed by atoms with Crippen LogP contribution in [0.25, 0.3) is 0 Å². The van der Waals surface area contributed by atoms with Crippen molar-refractivity contribution in [1.82, 2.24) is 15.5 Å². The Labute approximate surface area is 111 Å². The standard InChI is InChI=1S/C12H11F4N3O/c13-10-4-8(3-9(5-10)12(14,15)16)6-17-2-1-11-18-7-20-19-11/h3-5,7,17H,1-2,6H2. The zero-order chi connectivity index (χ0) is 14.6. The van der Waals surface area contributed by atoms with E-state index < -0.39 is 17.6 Å². The van der Waals surface area contributed by atoms with Crippen molar-refractivity contribution < 1.29 is 22.1 Å². The first-order chi connectivity index (χ1) is 9.45. The van der Waals surface area contributed by atoms with Gasteiger partial charge in [0.2, 0.25) is 6.39 Å². The Balaban J connectivity index is 1.91. The quantitative estimate of drug-likeness (QED) is 0.679. The van der Waals surface area contributed by atoms with Crippen molar-refractivity contribution in [3.05, 3.63) is 47.4 Å². The third-order valence-corrected chi connectivity index (χ3v) is 2.55. The van der Waals surface area contributed by atoms with Gasteiger partial charge in [-0.2, -0.15) is 18.2 Å². The van der Waals surface area contributed by atoms with E-state index in [1.807, 2.05) is 0 Å². The number of rotatable bonds is 5. The highest BCUT2D eigenvalue weighted by molar-refractivity contribution is 5.26. The van der Waals surface area contributed by atoms with Crippen molar-refractivity contribution >= 4 is 0 Å². The number of benzene rings is 1. The lowest BCUT2D eigenvalue weighted by molar-refractivity contribution is -0.137. The van der Waals surface area contributed by atoms with Gasteiger partial charge in [-0.1, -0.05) is 5.16 Å². The molecule has 1 aromatic carbocycles. The summed E-state index contributed by atoms with van der Waals surface area (Å²) in [7, 11) is 0. The largest absolute Gasteiger partial charge is 0.416 e. The molecule has 0 bridgehead atoms. The summed E-state index contributed by atoms with van der Waals surface area (Å²) < 4.78 is 55.2. The van der Waals surface area contributed by atoms with Crippen LogP contribution in [0, 0.1) is 5.82 Å². The van der Waals surface area contributed by atoms with E-state index in [4.69, 9.17) is 0 Å². The molecule has 0 unspecified atom stereocenters. The van der Waals surface area contributed by atoms with Crippen LogP contribution >= 0.6 is 0 Å². The number of nitrogens with zero attached hydrogens (tertiary/aromatic N) is 2. The van der Waals surface area contributed by atoms with E-state index in [9.17, 15) is 17.6 Å². The molecule has 0 aliphatic rings. The van der Waals surface area contributed by atoms with Crippen LogP contribution < -0.4 is 5.32 Å². The summed E-state index contributed by atoms with van der Waals surface area (Å²) in [5, 5.41) is 6.48. The molecule has 0 fully saturated rings. The fourth-order valence-corrected chi connectivity index (χ4v) is 1.65. The molecule has 1 N–H and O–H groups in total. The predicted molar refractivity (Wildman–Crippen MR) is 61.1 cm³/mol. The maximum Gasteiger partial charge on any atom is 0.416 e. The molecule has 0 saturated carbocycles. The summed E-state index contributed by atoms with van der Waals surface area (Å²) in [4.78, 5) is 3.79. The number of halogens is 4. The molecule has 1 aromatic heterocycles. The van der Waals surface area contributed by atoms with Crippen LogP contribution in [0.3, 0.4) is 0 Å². The molecule has 0 atom stereocenters. The number of hydrogen-bond acceptors (Lipinski definition) is 4. The molecule has 8 heteroatoms. The molecular weight excluding hydrogens is 278 g/mol. The Bertz CT molecular complexity index is 554. The second-order valence-electron chi connectivity index (χ2n) is 4.12. The van der Waals surface area contributed by atoms with Gasteiger partial charge in [-0.05, 0) is 23.8 Å². The van der Waals surface area contributed by atoms with Crippen molar-refractivity contribution in [3.8, 4) is 0 Å². The first-order valence-corrected chi connectivity index (χ1v) is 5.78. The minimum absolute atomic E-state index is 0.124. The van der Waals surface area contributed by atoms with Crippen molar-refractivity contribution in [2.24, 2.45) is 0 Å². The Morgan fingerprint density at radius 1 is 1.20 bits per heavy atom. The average Bonchev–Trinajstić information content (AvgIpc) is 2.86. The van der Waals surface area contributed by atoms with Crippen LogP contribution in [0.2, 0.25) is 0 Å². The predicted octanol–water partition coefficient (Wildman–Crippen LogP) is 2.56. The lowest BCUT2D eigenvalue weighted by Gasteiger charge is -2.10. The van der Waals surface area contributed by atoms with Gasteiger partial charge in [0.1, 0.15) is 5.82 Å². The van der Waals surface area contributed by atoms with E-state index in [-0.39, 0.29) is 12.1 Å². The van der Waals surface area contributed by atoms with Crippen molar-refractivity contribution in [1.29, 1.82) is 0 Å². The minimum Gasteiger partial charge on any atom is -0.343 e. The number of aromatic nitrogens is 2. The molecule has 108 valence electrons. The number of hydrogen-bond donors (Lipinski definition) is 1. The van der Waals surface area contributed by atoms with Gasteiger partial charge in [-0.25, -0.2) is 4.39 Å². The third-order valence-electron chi connectivity index (χ3n) is 2.55. The monoisotopic (exact) mass is 289 g/mol. The Kier molecular flexibility index (Phi) is 4.33. The molecule has 0 aliphatic heterocycles. The summed E-state index contributed by atoms with van der Waals surface area (Å²) in [6.07, 6.45) is -2.89. The summed E-state index contributed by atoms with van der Waals surface area (Å²) in [6.45, 7) is 0.566. The molecule has 2 aromatic rings. The average molecular weight is 289 g/mol. The maximum atomic E-state index is 13.1. The van der Waals surface area contributed by atoms with Gasteiger partial charge < -0.3 is 9.84 Å². The van der Waals surface area contributed by atoms with Gasteiger partial charge >= 0.3 is 6.18 Å². The van der Waals surface area contributed by atoms with Crippen molar-refractivity contribution in [3.63, 3.8) is 0 Å². The van der Waals surface area contributed by atoms with Gasteiger partial charge in [0, 0.05) is 19.5 Å². The van der Waals surface area contributed by atoms with E-state index >= 15 is 0 Å². The molecule has 0 aliphatic carbocycles. The van der Waals surface area contributed by atoms with Crippen LogP contribution in [0.1, 0.15) is 17.0 Å². The fraction of sp³-hybridized carbons (Fsp3) is 0.333. The highest BCUT2D eigenvalue weighted by Gasteiger charge is 2.31. The molecule has 0 amide bonds. The molecule has 4 nitrogen and oxygen atoms in total. The van der Waals surface area contributed by atoms with E-state index in [0.29, 0.717) is 24.9 Å². The zero-order valence-electron chi connectivity index (χ0n) is 10.2. The summed E-state index contributed by atoms with van der Waals surface area (Å²) >= 11 is 0. The van der Waals surface area contributed by atoms with Crippen molar-refractivity contribution in [2.75, 3.05) is 6.54 Å². The summed E-state index contributed by atoms with van der Waals surface area (Å²) in [6, 6.07) is 2.46. The third kappa shape index (κ3) is 4.02. The SMILES string of the molecule is Fc1cc(CNCCc2ncon2)cc(C(F)(F)F)c1. The molecule has 0 spiro atoms. The molecule has 2 rings (SSSR count). The van der Waals surface area contributed by atoms with Gasteiger partial charge in [0.05, 0.1) is 5.56 Å². The highest BCUT2D eigenvalue weighted by Crippen LogP contribution is 2.30. The number of nitrogens with one attached hydrogen (secondary N) is 1. The van der Waals surface area contributed by atoms with Crippen LogP contribution in [-0.4, -0.2) is 16.7 Å². The lowest BCUT2D eigenvalue weighted by Crippen LogP contribution is -2.18. The first-order valence-electron chi connectivity index (χ1n) is 5.78. The summed E-state index contributed by atoms with van der Waals surface area (Å²) in [5.41, 5.74) is -0.766. The second-order valence-corrected chi connectivity index (χ2v) is 4.12. The first kappa shape index (κ1) is 14.4. The van der Waals surface area contributed by atoms with Gasteiger partial charge in [-0.3, -0.25) is 0 Å². The molecule has 0 saturated heterocycles. The van der Waals surface area contributed by atoms with Crippen LogP contribution in [0.5, 0.6) is 0 Å². The Morgan fingerprint density at radius 3 is 2.65 bits per heavy atom. The van der Waals surface area contributed by atoms with E-state index in [0.717, 1.165) is 12.1 Å². The molecular formula is C12H11F4N3O. The second kappa shape index (κ2) is 6.00. The van der Waals surface area contributed by atoms with Crippen molar-refractivity contribution in [2.45, 2.75) is 19.1 Å². The molecule has 0 radical (unpaired) electrons. The number of alkyl halides is 3. The van der Waals surface area contributed by atoms with Gasteiger partial charge in [-0.15, -0.1) is 0 Å². The normalized spacial score (nSPS) is 11.8. The van der Waals surface area contributed by atoms with Gasteiger partial charge in [0.25, 0.3) is 0 Å². The van der Waals surface area contributed by atoms with Gasteiger partial charge in [0.15, 0.2) is 5.82 Å². The summed E-state index contributed by atoms with van der Waals surface area (Å²) in [5.74, 6) is -0.414. The van der Waals surface area contributed by atoms with Crippen LogP contribution in [0.4, 0.5) is 17.6 Å². The smallest absolute Gasteiger partial charge is 0.343 e. The lowest BCUT2D eigenvalue weighted by atomic mass is 10.1.